The van der Waals surface area contributed by atoms with E-state index in [-0.39, 0.29) is 0 Å². The fourth-order valence-corrected chi connectivity index (χ4v) is 3.35. The van der Waals surface area contributed by atoms with Crippen LogP contribution in [0, 0.1) is 5.92 Å². The molecule has 2 aliphatic rings. The molecule has 1 saturated heterocycles. The van der Waals surface area contributed by atoms with Gasteiger partial charge in [-0.2, -0.15) is 0 Å². The molecule has 0 spiro atoms. The summed E-state index contributed by atoms with van der Waals surface area (Å²) in [5, 5.41) is 14.0. The molecule has 2 fully saturated rings. The Morgan fingerprint density at radius 2 is 1.94 bits per heavy atom. The van der Waals surface area contributed by atoms with E-state index in [0.717, 1.165) is 31.8 Å². The Balaban J connectivity index is 1.68. The van der Waals surface area contributed by atoms with Crippen molar-refractivity contribution in [3.63, 3.8) is 0 Å². The molecule has 0 aromatic carbocycles. The molecule has 0 radical (unpaired) electrons. The fourth-order valence-electron chi connectivity index (χ4n) is 3.35. The number of likely N-dealkylation sites (tertiary alicyclic amines) is 1. The number of hydrogen-bond donors (Lipinski definition) is 2. The predicted octanol–water partition coefficient (Wildman–Crippen LogP) is 2.00. The van der Waals surface area contributed by atoms with E-state index in [9.17, 15) is 5.11 Å². The first-order valence-corrected chi connectivity index (χ1v) is 7.72. The second-order valence-corrected chi connectivity index (χ2v) is 6.67. The maximum Gasteiger partial charge on any atom is 0.0771 e. The number of nitrogens with one attached hydrogen (secondary N) is 1. The number of piperidine rings is 1. The number of hydrogen-bond acceptors (Lipinski definition) is 3. The fraction of sp³-hybridized carbons (Fsp3) is 1.00. The Kier molecular flexibility index (Phi) is 5.05. The second-order valence-electron chi connectivity index (χ2n) is 6.67. The summed E-state index contributed by atoms with van der Waals surface area (Å²) in [6.07, 6.45) is 8.32. The average molecular weight is 254 g/mol. The van der Waals surface area contributed by atoms with Crippen LogP contribution in [-0.4, -0.2) is 48.3 Å². The molecule has 1 heterocycles. The SMILES string of the molecule is CC1CCC(O)(CNCC2CCCCN2C)CC1. The van der Waals surface area contributed by atoms with Crippen molar-refractivity contribution >= 4 is 0 Å². The van der Waals surface area contributed by atoms with Gasteiger partial charge in [-0.05, 0) is 58.0 Å². The zero-order valence-corrected chi connectivity index (χ0v) is 12.1. The zero-order valence-electron chi connectivity index (χ0n) is 12.1. The summed E-state index contributed by atoms with van der Waals surface area (Å²) >= 11 is 0. The Morgan fingerprint density at radius 3 is 2.61 bits per heavy atom. The molecule has 106 valence electrons. The summed E-state index contributed by atoms with van der Waals surface area (Å²) in [6.45, 7) is 5.34. The molecule has 0 amide bonds. The molecule has 0 aromatic heterocycles. The van der Waals surface area contributed by atoms with Crippen LogP contribution in [0.15, 0.2) is 0 Å². The van der Waals surface area contributed by atoms with Crippen LogP contribution in [-0.2, 0) is 0 Å². The number of rotatable bonds is 4. The molecule has 0 bridgehead atoms. The van der Waals surface area contributed by atoms with E-state index in [1.165, 1.54) is 38.6 Å². The first-order valence-electron chi connectivity index (χ1n) is 7.72. The lowest BCUT2D eigenvalue weighted by atomic mass is 9.79. The van der Waals surface area contributed by atoms with Gasteiger partial charge in [0.1, 0.15) is 0 Å². The van der Waals surface area contributed by atoms with E-state index in [1.54, 1.807) is 0 Å². The highest BCUT2D eigenvalue weighted by Gasteiger charge is 2.31. The first-order chi connectivity index (χ1) is 8.59. The normalized spacial score (nSPS) is 38.8. The quantitative estimate of drug-likeness (QED) is 0.805. The standard InChI is InChI=1S/C15H30N2O/c1-13-6-8-15(18,9-7-13)12-16-11-14-5-3-4-10-17(14)2/h13-14,16,18H,3-12H2,1-2H3. The van der Waals surface area contributed by atoms with E-state index in [1.807, 2.05) is 0 Å². The van der Waals surface area contributed by atoms with Gasteiger partial charge in [-0.15, -0.1) is 0 Å². The van der Waals surface area contributed by atoms with E-state index >= 15 is 0 Å². The third kappa shape index (κ3) is 3.94. The number of aliphatic hydroxyl groups is 1. The predicted molar refractivity (Wildman–Crippen MR) is 75.7 cm³/mol. The minimum absolute atomic E-state index is 0.431. The Bertz CT molecular complexity index is 249. The van der Waals surface area contributed by atoms with Crippen molar-refractivity contribution in [2.45, 2.75) is 63.5 Å². The van der Waals surface area contributed by atoms with E-state index in [0.29, 0.717) is 6.04 Å². The van der Waals surface area contributed by atoms with Gasteiger partial charge in [0, 0.05) is 19.1 Å². The summed E-state index contributed by atoms with van der Waals surface area (Å²) in [5.41, 5.74) is -0.431. The van der Waals surface area contributed by atoms with E-state index < -0.39 is 5.60 Å². The minimum Gasteiger partial charge on any atom is -0.389 e. The molecule has 2 N–H and O–H groups in total. The minimum atomic E-state index is -0.431. The molecule has 1 aliphatic carbocycles. The molecular formula is C15H30N2O. The van der Waals surface area contributed by atoms with Crippen LogP contribution in [0.2, 0.25) is 0 Å². The molecule has 1 unspecified atom stereocenters. The molecule has 18 heavy (non-hydrogen) atoms. The van der Waals surface area contributed by atoms with Crippen molar-refractivity contribution in [3.05, 3.63) is 0 Å². The molecule has 3 nitrogen and oxygen atoms in total. The van der Waals surface area contributed by atoms with Crippen LogP contribution in [0.3, 0.4) is 0 Å². The average Bonchev–Trinajstić information content (AvgIpc) is 2.36. The second kappa shape index (κ2) is 6.36. The van der Waals surface area contributed by atoms with Crippen LogP contribution in [0.5, 0.6) is 0 Å². The highest BCUT2D eigenvalue weighted by Crippen LogP contribution is 2.31. The molecule has 1 atom stereocenters. The van der Waals surface area contributed by atoms with Crippen LogP contribution < -0.4 is 5.32 Å². The Labute approximate surface area is 112 Å². The van der Waals surface area contributed by atoms with Crippen molar-refractivity contribution in [2.24, 2.45) is 5.92 Å². The van der Waals surface area contributed by atoms with Gasteiger partial charge in [0.2, 0.25) is 0 Å². The topological polar surface area (TPSA) is 35.5 Å². The molecule has 1 saturated carbocycles. The van der Waals surface area contributed by atoms with Crippen molar-refractivity contribution in [3.8, 4) is 0 Å². The first kappa shape index (κ1) is 14.3. The van der Waals surface area contributed by atoms with Gasteiger partial charge in [-0.1, -0.05) is 13.3 Å². The third-order valence-electron chi connectivity index (χ3n) is 4.96. The Hall–Kier alpha value is -0.120. The van der Waals surface area contributed by atoms with Crippen LogP contribution in [0.25, 0.3) is 0 Å². The molecule has 0 aromatic rings. The zero-order chi connectivity index (χ0) is 13.0. The van der Waals surface area contributed by atoms with Gasteiger partial charge >= 0.3 is 0 Å². The summed E-state index contributed by atoms with van der Waals surface area (Å²) < 4.78 is 0. The maximum atomic E-state index is 10.5. The highest BCUT2D eigenvalue weighted by atomic mass is 16.3. The highest BCUT2D eigenvalue weighted by molar-refractivity contribution is 4.87. The van der Waals surface area contributed by atoms with E-state index in [4.69, 9.17) is 0 Å². The van der Waals surface area contributed by atoms with Crippen molar-refractivity contribution in [1.29, 1.82) is 0 Å². The van der Waals surface area contributed by atoms with Gasteiger partial charge in [0.25, 0.3) is 0 Å². The van der Waals surface area contributed by atoms with Gasteiger partial charge in [-0.3, -0.25) is 0 Å². The lowest BCUT2D eigenvalue weighted by Crippen LogP contribution is -2.48. The lowest BCUT2D eigenvalue weighted by molar-refractivity contribution is -0.00743. The number of likely N-dealkylation sites (N-methyl/N-ethyl adjacent to an activating group) is 1. The van der Waals surface area contributed by atoms with Gasteiger partial charge in [0.15, 0.2) is 0 Å². The van der Waals surface area contributed by atoms with Gasteiger partial charge in [0.05, 0.1) is 5.60 Å². The van der Waals surface area contributed by atoms with Crippen LogP contribution in [0.1, 0.15) is 51.9 Å². The number of nitrogens with zero attached hydrogens (tertiary/aromatic N) is 1. The summed E-state index contributed by atoms with van der Waals surface area (Å²) in [4.78, 5) is 2.46. The van der Waals surface area contributed by atoms with Gasteiger partial charge < -0.3 is 15.3 Å². The van der Waals surface area contributed by atoms with Crippen molar-refractivity contribution in [1.82, 2.24) is 10.2 Å². The summed E-state index contributed by atoms with van der Waals surface area (Å²) in [5.74, 6) is 0.801. The van der Waals surface area contributed by atoms with Crippen LogP contribution >= 0.6 is 0 Å². The van der Waals surface area contributed by atoms with Crippen molar-refractivity contribution < 1.29 is 5.11 Å². The smallest absolute Gasteiger partial charge is 0.0771 e. The third-order valence-corrected chi connectivity index (χ3v) is 4.96. The van der Waals surface area contributed by atoms with E-state index in [2.05, 4.69) is 24.2 Å². The molecule has 2 rings (SSSR count). The monoisotopic (exact) mass is 254 g/mol. The summed E-state index contributed by atoms with van der Waals surface area (Å²) in [7, 11) is 2.22. The summed E-state index contributed by atoms with van der Waals surface area (Å²) in [6, 6.07) is 0.671. The lowest BCUT2D eigenvalue weighted by Gasteiger charge is -2.37. The van der Waals surface area contributed by atoms with Crippen LogP contribution in [0.4, 0.5) is 0 Å². The Morgan fingerprint density at radius 1 is 1.22 bits per heavy atom. The molecule has 3 heteroatoms. The van der Waals surface area contributed by atoms with Crippen molar-refractivity contribution in [2.75, 3.05) is 26.7 Å². The maximum absolute atomic E-state index is 10.5. The molecule has 1 aliphatic heterocycles. The largest absolute Gasteiger partial charge is 0.389 e. The molecular weight excluding hydrogens is 224 g/mol. The van der Waals surface area contributed by atoms with Gasteiger partial charge in [-0.25, -0.2) is 0 Å².